The molecule has 1 saturated heterocycles. The molecule has 2 aromatic rings. The lowest BCUT2D eigenvalue weighted by molar-refractivity contribution is -0.895. The van der Waals surface area contributed by atoms with Gasteiger partial charge in [0, 0.05) is 0 Å². The van der Waals surface area contributed by atoms with Crippen molar-refractivity contribution >= 4 is 44.8 Å². The maximum atomic E-state index is 12.8. The molecule has 1 fully saturated rings. The molecule has 2 N–H and O–H groups in total. The van der Waals surface area contributed by atoms with E-state index in [2.05, 4.69) is 5.32 Å². The number of amides is 1. The molecule has 1 amide bonds. The van der Waals surface area contributed by atoms with Crippen LogP contribution in [0.25, 0.3) is 0 Å². The van der Waals surface area contributed by atoms with Crippen molar-refractivity contribution in [1.29, 1.82) is 0 Å². The van der Waals surface area contributed by atoms with Crippen LogP contribution < -0.4 is 10.2 Å². The lowest BCUT2D eigenvalue weighted by Crippen LogP contribution is -3.15. The first kappa shape index (κ1) is 22.1. The van der Waals surface area contributed by atoms with Crippen LogP contribution >= 0.6 is 23.2 Å². The van der Waals surface area contributed by atoms with Gasteiger partial charge in [-0.2, -0.15) is 4.31 Å². The topological polar surface area (TPSA) is 70.9 Å². The summed E-state index contributed by atoms with van der Waals surface area (Å²) in [5.74, 6) is -0.204. The Morgan fingerprint density at radius 2 is 1.69 bits per heavy atom. The summed E-state index contributed by atoms with van der Waals surface area (Å²) in [4.78, 5) is 13.8. The van der Waals surface area contributed by atoms with E-state index in [1.165, 1.54) is 4.31 Å². The molecule has 0 saturated carbocycles. The van der Waals surface area contributed by atoms with Gasteiger partial charge in [-0.1, -0.05) is 47.0 Å². The largest absolute Gasteiger partial charge is 0.325 e. The number of nitrogens with one attached hydrogen (secondary N) is 2. The van der Waals surface area contributed by atoms with Gasteiger partial charge in [-0.25, -0.2) is 8.42 Å². The molecule has 0 aliphatic carbocycles. The van der Waals surface area contributed by atoms with Gasteiger partial charge in [0.2, 0.25) is 10.0 Å². The van der Waals surface area contributed by atoms with Gasteiger partial charge in [-0.3, -0.25) is 4.79 Å². The highest BCUT2D eigenvalue weighted by Crippen LogP contribution is 2.32. The second kappa shape index (κ2) is 9.02. The molecule has 6 nitrogen and oxygen atoms in total. The number of rotatable bonds is 5. The average molecular weight is 457 g/mol. The van der Waals surface area contributed by atoms with Crippen molar-refractivity contribution in [1.82, 2.24) is 4.31 Å². The monoisotopic (exact) mass is 456 g/mol. The first-order valence-corrected chi connectivity index (χ1v) is 11.5. The SMILES string of the molecule is Cc1ccc(S(=O)(=O)N2CC[NH+](CC(=O)Nc3c(Cl)ccc(C)c3Cl)CC2)cc1. The third-order valence-corrected chi connectivity index (χ3v) is 7.76. The van der Waals surface area contributed by atoms with Gasteiger partial charge in [0.05, 0.1) is 46.8 Å². The summed E-state index contributed by atoms with van der Waals surface area (Å²) in [7, 11) is -3.51. The van der Waals surface area contributed by atoms with Crippen molar-refractivity contribution in [3.8, 4) is 0 Å². The van der Waals surface area contributed by atoms with E-state index < -0.39 is 10.0 Å². The summed E-state index contributed by atoms with van der Waals surface area (Å²) in [6, 6.07) is 10.3. The first-order valence-electron chi connectivity index (χ1n) is 9.33. The second-order valence-electron chi connectivity index (χ2n) is 7.25. The maximum Gasteiger partial charge on any atom is 0.279 e. The van der Waals surface area contributed by atoms with Gasteiger partial charge < -0.3 is 10.2 Å². The van der Waals surface area contributed by atoms with Crippen LogP contribution in [0.15, 0.2) is 41.3 Å². The molecule has 0 unspecified atom stereocenters. The lowest BCUT2D eigenvalue weighted by atomic mass is 10.2. The molecular weight excluding hydrogens is 433 g/mol. The standard InChI is InChI=1S/C20H23Cl2N3O3S/c1-14-3-6-16(7-4-14)29(27,28)25-11-9-24(10-12-25)13-18(26)23-20-17(21)8-5-15(2)19(20)22/h3-8H,9-13H2,1-2H3,(H,23,26)/p+1. The molecule has 29 heavy (non-hydrogen) atoms. The minimum absolute atomic E-state index is 0.204. The zero-order chi connectivity index (χ0) is 21.2. The van der Waals surface area contributed by atoms with Crippen molar-refractivity contribution in [2.24, 2.45) is 0 Å². The summed E-state index contributed by atoms with van der Waals surface area (Å²) in [5, 5.41) is 3.60. The highest BCUT2D eigenvalue weighted by Gasteiger charge is 2.31. The van der Waals surface area contributed by atoms with Crippen LogP contribution in [0.4, 0.5) is 5.69 Å². The molecule has 156 valence electrons. The number of sulfonamides is 1. The first-order chi connectivity index (χ1) is 13.7. The van der Waals surface area contributed by atoms with Crippen LogP contribution in [-0.2, 0) is 14.8 Å². The van der Waals surface area contributed by atoms with E-state index in [0.717, 1.165) is 16.0 Å². The number of piperazine rings is 1. The maximum absolute atomic E-state index is 12.8. The minimum atomic E-state index is -3.51. The Labute approximate surface area is 181 Å². The number of halogens is 2. The van der Waals surface area contributed by atoms with Gasteiger partial charge in [0.25, 0.3) is 5.91 Å². The fourth-order valence-corrected chi connectivity index (χ4v) is 5.17. The fourth-order valence-electron chi connectivity index (χ4n) is 3.26. The molecule has 0 aromatic heterocycles. The van der Waals surface area contributed by atoms with Gasteiger partial charge in [0.15, 0.2) is 6.54 Å². The third-order valence-electron chi connectivity index (χ3n) is 5.05. The molecule has 3 rings (SSSR count). The van der Waals surface area contributed by atoms with Crippen LogP contribution in [0.1, 0.15) is 11.1 Å². The van der Waals surface area contributed by atoms with Gasteiger partial charge in [-0.15, -0.1) is 0 Å². The molecule has 0 radical (unpaired) electrons. The van der Waals surface area contributed by atoms with E-state index >= 15 is 0 Å². The van der Waals surface area contributed by atoms with Crippen LogP contribution in [0, 0.1) is 13.8 Å². The molecule has 0 atom stereocenters. The van der Waals surface area contributed by atoms with Gasteiger partial charge in [-0.05, 0) is 37.6 Å². The third kappa shape index (κ3) is 5.10. The number of anilines is 1. The van der Waals surface area contributed by atoms with Gasteiger partial charge in [0.1, 0.15) is 0 Å². The van der Waals surface area contributed by atoms with E-state index in [4.69, 9.17) is 23.2 Å². The molecule has 1 heterocycles. The number of nitrogens with zero attached hydrogens (tertiary/aromatic N) is 1. The summed E-state index contributed by atoms with van der Waals surface area (Å²) < 4.78 is 27.0. The van der Waals surface area contributed by atoms with Crippen LogP contribution in [-0.4, -0.2) is 51.4 Å². The number of benzene rings is 2. The number of aryl methyl sites for hydroxylation is 2. The highest BCUT2D eigenvalue weighted by molar-refractivity contribution is 7.89. The highest BCUT2D eigenvalue weighted by atomic mass is 35.5. The quantitative estimate of drug-likeness (QED) is 0.723. The van der Waals surface area contributed by atoms with Crippen molar-refractivity contribution in [3.63, 3.8) is 0 Å². The van der Waals surface area contributed by atoms with E-state index in [1.54, 1.807) is 36.4 Å². The Morgan fingerprint density at radius 1 is 1.07 bits per heavy atom. The Kier molecular flexibility index (Phi) is 6.86. The molecule has 0 spiro atoms. The van der Waals surface area contributed by atoms with E-state index in [9.17, 15) is 13.2 Å². The number of carbonyl (C=O) groups is 1. The minimum Gasteiger partial charge on any atom is -0.325 e. The summed E-state index contributed by atoms with van der Waals surface area (Å²) in [6.45, 7) is 5.81. The van der Waals surface area contributed by atoms with Crippen molar-refractivity contribution in [3.05, 3.63) is 57.6 Å². The Hall–Kier alpha value is -1.64. The van der Waals surface area contributed by atoms with Gasteiger partial charge >= 0.3 is 0 Å². The zero-order valence-electron chi connectivity index (χ0n) is 16.3. The second-order valence-corrected chi connectivity index (χ2v) is 9.97. The van der Waals surface area contributed by atoms with E-state index in [1.807, 2.05) is 13.8 Å². The predicted octanol–water partition coefficient (Wildman–Crippen LogP) is 2.14. The normalized spacial score (nSPS) is 16.0. The average Bonchev–Trinajstić information content (AvgIpc) is 2.69. The Morgan fingerprint density at radius 3 is 2.31 bits per heavy atom. The Balaban J connectivity index is 1.58. The Bertz CT molecular complexity index is 1000. The van der Waals surface area contributed by atoms with Crippen molar-refractivity contribution < 1.29 is 18.1 Å². The molecule has 0 bridgehead atoms. The number of hydrogen-bond acceptors (Lipinski definition) is 3. The fraction of sp³-hybridized carbons (Fsp3) is 0.350. The number of quaternary nitrogens is 1. The van der Waals surface area contributed by atoms with Crippen LogP contribution in [0.2, 0.25) is 10.0 Å². The molecule has 1 aliphatic heterocycles. The smallest absolute Gasteiger partial charge is 0.279 e. The molecular formula is C20H24Cl2N3O3S+. The molecule has 9 heteroatoms. The van der Waals surface area contributed by atoms with Crippen LogP contribution in [0.5, 0.6) is 0 Å². The summed E-state index contributed by atoms with van der Waals surface area (Å²) in [5.41, 5.74) is 2.25. The van der Waals surface area contributed by atoms with E-state index in [-0.39, 0.29) is 12.5 Å². The number of hydrogen-bond donors (Lipinski definition) is 2. The van der Waals surface area contributed by atoms with Crippen LogP contribution in [0.3, 0.4) is 0 Å². The van der Waals surface area contributed by atoms with Crippen molar-refractivity contribution in [2.45, 2.75) is 18.7 Å². The molecule has 1 aliphatic rings. The van der Waals surface area contributed by atoms with Crippen molar-refractivity contribution in [2.75, 3.05) is 38.0 Å². The van der Waals surface area contributed by atoms with E-state index in [0.29, 0.717) is 46.8 Å². The summed E-state index contributed by atoms with van der Waals surface area (Å²) >= 11 is 12.4. The number of carbonyl (C=O) groups excluding carboxylic acids is 1. The molecule has 2 aromatic carbocycles. The summed E-state index contributed by atoms with van der Waals surface area (Å²) in [6.07, 6.45) is 0. The predicted molar refractivity (Wildman–Crippen MR) is 115 cm³/mol. The lowest BCUT2D eigenvalue weighted by Gasteiger charge is -2.31. The zero-order valence-corrected chi connectivity index (χ0v) is 18.7.